The lowest BCUT2D eigenvalue weighted by Gasteiger charge is -2.32. The van der Waals surface area contributed by atoms with E-state index in [0.29, 0.717) is 24.9 Å². The summed E-state index contributed by atoms with van der Waals surface area (Å²) in [7, 11) is -1.66. The standard InChI is InChI=1S/C15H21FN2O3S/c1-17(10-12-6-3-4-8-14(12)16)15(19)13-7-5-9-18(11-13)22(2,20)21/h3-4,6,8,13H,5,7,9-11H2,1-2H3/t13-/m0/s1. The van der Waals surface area contributed by atoms with Gasteiger partial charge in [0, 0.05) is 32.2 Å². The molecule has 0 aromatic heterocycles. The van der Waals surface area contributed by atoms with Gasteiger partial charge in [-0.3, -0.25) is 4.79 Å². The van der Waals surface area contributed by atoms with Crippen molar-refractivity contribution in [2.45, 2.75) is 19.4 Å². The van der Waals surface area contributed by atoms with Gasteiger partial charge in [-0.1, -0.05) is 18.2 Å². The largest absolute Gasteiger partial charge is 0.341 e. The van der Waals surface area contributed by atoms with Crippen LogP contribution in [0.25, 0.3) is 0 Å². The van der Waals surface area contributed by atoms with E-state index in [0.717, 1.165) is 6.26 Å². The molecule has 1 saturated heterocycles. The number of carbonyl (C=O) groups excluding carboxylic acids is 1. The van der Waals surface area contributed by atoms with Gasteiger partial charge in [-0.15, -0.1) is 0 Å². The van der Waals surface area contributed by atoms with Crippen molar-refractivity contribution in [3.63, 3.8) is 0 Å². The van der Waals surface area contributed by atoms with Crippen molar-refractivity contribution in [1.82, 2.24) is 9.21 Å². The Hall–Kier alpha value is -1.47. The first-order chi connectivity index (χ1) is 10.3. The van der Waals surface area contributed by atoms with E-state index in [-0.39, 0.29) is 30.7 Å². The van der Waals surface area contributed by atoms with E-state index < -0.39 is 10.0 Å². The zero-order valence-corrected chi connectivity index (χ0v) is 13.6. The number of piperidine rings is 1. The Kier molecular flexibility index (Phi) is 5.18. The smallest absolute Gasteiger partial charge is 0.227 e. The van der Waals surface area contributed by atoms with Gasteiger partial charge in [0.25, 0.3) is 0 Å². The highest BCUT2D eigenvalue weighted by Crippen LogP contribution is 2.21. The van der Waals surface area contributed by atoms with Gasteiger partial charge in [0.1, 0.15) is 5.82 Å². The zero-order chi connectivity index (χ0) is 16.3. The van der Waals surface area contributed by atoms with Crippen LogP contribution in [0, 0.1) is 11.7 Å². The molecule has 1 aromatic carbocycles. The van der Waals surface area contributed by atoms with E-state index >= 15 is 0 Å². The van der Waals surface area contributed by atoms with Crippen molar-refractivity contribution in [3.05, 3.63) is 35.6 Å². The molecule has 1 atom stereocenters. The minimum atomic E-state index is -3.28. The molecule has 22 heavy (non-hydrogen) atoms. The van der Waals surface area contributed by atoms with Crippen LogP contribution in [0.5, 0.6) is 0 Å². The normalized spacial score (nSPS) is 19.9. The van der Waals surface area contributed by atoms with Crippen molar-refractivity contribution >= 4 is 15.9 Å². The maximum atomic E-state index is 13.6. The molecule has 0 aliphatic carbocycles. The van der Waals surface area contributed by atoms with Crippen LogP contribution in [0.2, 0.25) is 0 Å². The molecule has 0 N–H and O–H groups in total. The number of halogens is 1. The first-order valence-electron chi connectivity index (χ1n) is 7.22. The lowest BCUT2D eigenvalue weighted by Crippen LogP contribution is -2.45. The summed E-state index contributed by atoms with van der Waals surface area (Å²) in [5.74, 6) is -0.847. The predicted molar refractivity (Wildman–Crippen MR) is 82.0 cm³/mol. The molecule has 1 aliphatic rings. The van der Waals surface area contributed by atoms with Crippen molar-refractivity contribution < 1.29 is 17.6 Å². The third-order valence-electron chi connectivity index (χ3n) is 3.94. The summed E-state index contributed by atoms with van der Waals surface area (Å²) in [6.45, 7) is 0.847. The van der Waals surface area contributed by atoms with Crippen molar-refractivity contribution in [2.75, 3.05) is 26.4 Å². The molecule has 2 rings (SSSR count). The molecule has 1 aliphatic heterocycles. The quantitative estimate of drug-likeness (QED) is 0.841. The number of rotatable bonds is 4. The molecule has 1 heterocycles. The van der Waals surface area contributed by atoms with Crippen LogP contribution in [-0.4, -0.2) is 49.9 Å². The molecule has 0 unspecified atom stereocenters. The van der Waals surface area contributed by atoms with Crippen molar-refractivity contribution in [1.29, 1.82) is 0 Å². The van der Waals surface area contributed by atoms with E-state index in [2.05, 4.69) is 0 Å². The Morgan fingerprint density at radius 3 is 2.73 bits per heavy atom. The molecule has 0 radical (unpaired) electrons. The molecular weight excluding hydrogens is 307 g/mol. The molecule has 0 spiro atoms. The number of hydrogen-bond acceptors (Lipinski definition) is 3. The summed E-state index contributed by atoms with van der Waals surface area (Å²) in [6, 6.07) is 6.33. The lowest BCUT2D eigenvalue weighted by atomic mass is 9.98. The van der Waals surface area contributed by atoms with Gasteiger partial charge >= 0.3 is 0 Å². The first kappa shape index (κ1) is 16.9. The minimum absolute atomic E-state index is 0.142. The Labute approximate surface area is 130 Å². The van der Waals surface area contributed by atoms with Gasteiger partial charge in [0.05, 0.1) is 12.2 Å². The number of amides is 1. The molecule has 0 bridgehead atoms. The van der Waals surface area contributed by atoms with Gasteiger partial charge in [-0.2, -0.15) is 0 Å². The molecule has 1 amide bonds. The maximum Gasteiger partial charge on any atom is 0.227 e. The van der Waals surface area contributed by atoms with Crippen LogP contribution in [0.4, 0.5) is 4.39 Å². The van der Waals surface area contributed by atoms with E-state index in [9.17, 15) is 17.6 Å². The molecule has 0 saturated carbocycles. The third kappa shape index (κ3) is 4.04. The summed E-state index contributed by atoms with van der Waals surface area (Å²) in [6.07, 6.45) is 2.48. The van der Waals surface area contributed by atoms with Crippen LogP contribution in [0.15, 0.2) is 24.3 Å². The fraction of sp³-hybridized carbons (Fsp3) is 0.533. The molecule has 1 fully saturated rings. The predicted octanol–water partition coefficient (Wildman–Crippen LogP) is 1.46. The summed E-state index contributed by atoms with van der Waals surface area (Å²) < 4.78 is 38.2. The molecule has 5 nitrogen and oxygen atoms in total. The number of carbonyl (C=O) groups is 1. The Balaban J connectivity index is 2.03. The van der Waals surface area contributed by atoms with E-state index in [1.54, 1.807) is 25.2 Å². The van der Waals surface area contributed by atoms with Gasteiger partial charge in [0.2, 0.25) is 15.9 Å². The van der Waals surface area contributed by atoms with Crippen molar-refractivity contribution in [3.8, 4) is 0 Å². The SMILES string of the molecule is CN(Cc1ccccc1F)C(=O)[C@H]1CCCN(S(C)(=O)=O)C1. The summed E-state index contributed by atoms with van der Waals surface area (Å²) in [5.41, 5.74) is 0.453. The number of sulfonamides is 1. The lowest BCUT2D eigenvalue weighted by molar-refractivity contribution is -0.135. The molecule has 1 aromatic rings. The number of nitrogens with zero attached hydrogens (tertiary/aromatic N) is 2. The molecule has 122 valence electrons. The minimum Gasteiger partial charge on any atom is -0.341 e. The van der Waals surface area contributed by atoms with Crippen LogP contribution in [-0.2, 0) is 21.4 Å². The number of benzene rings is 1. The third-order valence-corrected chi connectivity index (χ3v) is 5.21. The second-order valence-electron chi connectivity index (χ2n) is 5.75. The van der Waals surface area contributed by atoms with Crippen LogP contribution in [0.3, 0.4) is 0 Å². The highest BCUT2D eigenvalue weighted by molar-refractivity contribution is 7.88. The first-order valence-corrected chi connectivity index (χ1v) is 9.07. The van der Waals surface area contributed by atoms with Gasteiger partial charge in [-0.25, -0.2) is 17.1 Å². The molecule has 7 heteroatoms. The average Bonchev–Trinajstić information content (AvgIpc) is 2.48. The van der Waals surface area contributed by atoms with Crippen LogP contribution >= 0.6 is 0 Å². The van der Waals surface area contributed by atoms with Gasteiger partial charge < -0.3 is 4.90 Å². The van der Waals surface area contributed by atoms with Gasteiger partial charge in [0.15, 0.2) is 0 Å². The van der Waals surface area contributed by atoms with E-state index in [1.165, 1.54) is 15.3 Å². The summed E-state index contributed by atoms with van der Waals surface area (Å²) in [5, 5.41) is 0. The van der Waals surface area contributed by atoms with Crippen LogP contribution < -0.4 is 0 Å². The zero-order valence-electron chi connectivity index (χ0n) is 12.8. The topological polar surface area (TPSA) is 57.7 Å². The average molecular weight is 328 g/mol. The second kappa shape index (κ2) is 6.75. The maximum absolute atomic E-state index is 13.6. The summed E-state index contributed by atoms with van der Waals surface area (Å²) >= 11 is 0. The van der Waals surface area contributed by atoms with Crippen LogP contribution in [0.1, 0.15) is 18.4 Å². The van der Waals surface area contributed by atoms with E-state index in [4.69, 9.17) is 0 Å². The highest BCUT2D eigenvalue weighted by atomic mass is 32.2. The number of hydrogen-bond donors (Lipinski definition) is 0. The van der Waals surface area contributed by atoms with Crippen molar-refractivity contribution in [2.24, 2.45) is 5.92 Å². The Morgan fingerprint density at radius 1 is 1.41 bits per heavy atom. The fourth-order valence-corrected chi connectivity index (χ4v) is 3.63. The molecular formula is C15H21FN2O3S. The van der Waals surface area contributed by atoms with Gasteiger partial charge in [-0.05, 0) is 18.9 Å². The monoisotopic (exact) mass is 328 g/mol. The summed E-state index contributed by atoms with van der Waals surface area (Å²) in [4.78, 5) is 13.9. The second-order valence-corrected chi connectivity index (χ2v) is 7.73. The fourth-order valence-electron chi connectivity index (χ4n) is 2.72. The highest BCUT2D eigenvalue weighted by Gasteiger charge is 2.31. The Bertz CT molecular complexity index is 648. The van der Waals surface area contributed by atoms with E-state index in [1.807, 2.05) is 0 Å². The Morgan fingerprint density at radius 2 is 2.09 bits per heavy atom.